The fraction of sp³-hybridized carbons (Fsp3) is 0.600. The Morgan fingerprint density at radius 1 is 1.27 bits per heavy atom. The van der Waals surface area contributed by atoms with Crippen LogP contribution in [-0.2, 0) is 10.9 Å². The normalized spacial score (nSPS) is 22.7. The summed E-state index contributed by atoms with van der Waals surface area (Å²) in [4.78, 5) is 3.59. The van der Waals surface area contributed by atoms with Crippen LogP contribution in [0.3, 0.4) is 0 Å². The molecule has 0 bridgehead atoms. The molecular weight excluding hydrogens is 295 g/mol. The van der Waals surface area contributed by atoms with Gasteiger partial charge >= 0.3 is 6.18 Å². The van der Waals surface area contributed by atoms with Gasteiger partial charge in [-0.15, -0.1) is 0 Å². The lowest BCUT2D eigenvalue weighted by atomic mass is 10.1. The summed E-state index contributed by atoms with van der Waals surface area (Å²) in [6, 6.07) is 3.71. The van der Waals surface area contributed by atoms with E-state index in [0.717, 1.165) is 44.2 Å². The maximum atomic E-state index is 12.8. The van der Waals surface area contributed by atoms with E-state index in [1.165, 1.54) is 0 Å². The number of methoxy groups -OCH3 is 1. The molecule has 1 aliphatic rings. The molecule has 1 N–H and O–H groups in total. The molecular formula is C15H18F3N3O. The number of aromatic nitrogens is 1. The summed E-state index contributed by atoms with van der Waals surface area (Å²) in [5.74, 6) is -0.0220. The number of nitrogens with zero attached hydrogens (tertiary/aromatic N) is 2. The Labute approximate surface area is 127 Å². The van der Waals surface area contributed by atoms with Crippen molar-refractivity contribution < 1.29 is 17.9 Å². The van der Waals surface area contributed by atoms with Gasteiger partial charge in [-0.2, -0.15) is 18.4 Å². The van der Waals surface area contributed by atoms with Gasteiger partial charge in [-0.1, -0.05) is 19.3 Å². The minimum absolute atomic E-state index is 0.0220. The molecule has 0 amide bonds. The zero-order valence-corrected chi connectivity index (χ0v) is 12.3. The summed E-state index contributed by atoms with van der Waals surface area (Å²) < 4.78 is 43.8. The Morgan fingerprint density at radius 3 is 2.64 bits per heavy atom. The van der Waals surface area contributed by atoms with Gasteiger partial charge in [0.05, 0.1) is 17.7 Å². The van der Waals surface area contributed by atoms with E-state index in [-0.39, 0.29) is 23.5 Å². The zero-order valence-electron chi connectivity index (χ0n) is 12.3. The van der Waals surface area contributed by atoms with Crippen LogP contribution >= 0.6 is 0 Å². The number of ether oxygens (including phenoxy) is 1. The van der Waals surface area contributed by atoms with Crippen molar-refractivity contribution in [1.29, 1.82) is 5.26 Å². The zero-order chi connectivity index (χ0) is 16.2. The van der Waals surface area contributed by atoms with Crippen LogP contribution in [0.15, 0.2) is 12.1 Å². The number of pyridine rings is 1. The van der Waals surface area contributed by atoms with Crippen LogP contribution in [0.25, 0.3) is 0 Å². The molecule has 0 saturated heterocycles. The van der Waals surface area contributed by atoms with Gasteiger partial charge < -0.3 is 10.1 Å². The Balaban J connectivity index is 2.28. The van der Waals surface area contributed by atoms with Crippen molar-refractivity contribution in [3.8, 4) is 6.07 Å². The number of nitrogens with one attached hydrogen (secondary N) is 1. The molecule has 1 aliphatic carbocycles. The van der Waals surface area contributed by atoms with Gasteiger partial charge in [0.1, 0.15) is 17.6 Å². The number of anilines is 1. The summed E-state index contributed by atoms with van der Waals surface area (Å²) in [5.41, 5.74) is -0.899. The first-order valence-electron chi connectivity index (χ1n) is 7.23. The number of hydrogen-bond donors (Lipinski definition) is 1. The molecule has 0 radical (unpaired) electrons. The molecule has 7 heteroatoms. The van der Waals surface area contributed by atoms with Crippen molar-refractivity contribution in [3.63, 3.8) is 0 Å². The molecule has 1 aromatic heterocycles. The molecule has 1 aromatic rings. The molecule has 0 aromatic carbocycles. The Hall–Kier alpha value is -1.81. The summed E-state index contributed by atoms with van der Waals surface area (Å²) in [6.07, 6.45) is 0.0607. The van der Waals surface area contributed by atoms with Gasteiger partial charge in [0.15, 0.2) is 0 Å². The second-order valence-corrected chi connectivity index (χ2v) is 5.37. The monoisotopic (exact) mass is 313 g/mol. The van der Waals surface area contributed by atoms with E-state index in [0.29, 0.717) is 0 Å². The number of halogens is 3. The molecule has 0 spiro atoms. The predicted molar refractivity (Wildman–Crippen MR) is 75.2 cm³/mol. The standard InChI is InChI=1S/C15H18F3N3O/c1-22-12-6-4-2-3-5-11(12)20-14-10(9-19)7-8-13(21-14)15(16,17)18/h7-8,11-12H,2-6H2,1H3,(H,20,21)/t11-,12-/m0/s1. The van der Waals surface area contributed by atoms with Crippen LogP contribution in [0.4, 0.5) is 19.0 Å². The van der Waals surface area contributed by atoms with Crippen LogP contribution in [0, 0.1) is 11.3 Å². The van der Waals surface area contributed by atoms with E-state index < -0.39 is 11.9 Å². The van der Waals surface area contributed by atoms with Crippen LogP contribution in [-0.4, -0.2) is 24.2 Å². The summed E-state index contributed by atoms with van der Waals surface area (Å²) in [7, 11) is 1.59. The lowest BCUT2D eigenvalue weighted by Crippen LogP contribution is -2.34. The van der Waals surface area contributed by atoms with Crippen molar-refractivity contribution in [2.75, 3.05) is 12.4 Å². The van der Waals surface area contributed by atoms with Crippen LogP contribution < -0.4 is 5.32 Å². The van der Waals surface area contributed by atoms with E-state index in [1.807, 2.05) is 6.07 Å². The van der Waals surface area contributed by atoms with Crippen LogP contribution in [0.2, 0.25) is 0 Å². The minimum atomic E-state index is -4.53. The maximum Gasteiger partial charge on any atom is 0.433 e. The molecule has 22 heavy (non-hydrogen) atoms. The molecule has 1 fully saturated rings. The molecule has 4 nitrogen and oxygen atoms in total. The Bertz CT molecular complexity index is 554. The summed E-state index contributed by atoms with van der Waals surface area (Å²) in [6.45, 7) is 0. The van der Waals surface area contributed by atoms with Gasteiger partial charge in [0.2, 0.25) is 0 Å². The van der Waals surface area contributed by atoms with E-state index >= 15 is 0 Å². The fourth-order valence-corrected chi connectivity index (χ4v) is 2.71. The smallest absolute Gasteiger partial charge is 0.379 e. The van der Waals surface area contributed by atoms with Crippen molar-refractivity contribution in [2.24, 2.45) is 0 Å². The second-order valence-electron chi connectivity index (χ2n) is 5.37. The lowest BCUT2D eigenvalue weighted by Gasteiger charge is -2.26. The van der Waals surface area contributed by atoms with Gasteiger partial charge in [-0.25, -0.2) is 4.98 Å². The average Bonchev–Trinajstić information content (AvgIpc) is 2.71. The van der Waals surface area contributed by atoms with Gasteiger partial charge in [-0.05, 0) is 25.0 Å². The third-order valence-electron chi connectivity index (χ3n) is 3.88. The third-order valence-corrected chi connectivity index (χ3v) is 3.88. The number of nitriles is 1. The minimum Gasteiger partial charge on any atom is -0.379 e. The summed E-state index contributed by atoms with van der Waals surface area (Å²) >= 11 is 0. The quantitative estimate of drug-likeness (QED) is 0.864. The van der Waals surface area contributed by atoms with Gasteiger partial charge in [0.25, 0.3) is 0 Å². The molecule has 1 saturated carbocycles. The molecule has 120 valence electrons. The molecule has 0 aliphatic heterocycles. The first-order chi connectivity index (χ1) is 10.5. The van der Waals surface area contributed by atoms with E-state index in [1.54, 1.807) is 7.11 Å². The van der Waals surface area contributed by atoms with E-state index in [4.69, 9.17) is 10.00 Å². The third kappa shape index (κ3) is 3.89. The van der Waals surface area contributed by atoms with Crippen molar-refractivity contribution in [3.05, 3.63) is 23.4 Å². The fourth-order valence-electron chi connectivity index (χ4n) is 2.71. The summed E-state index contributed by atoms with van der Waals surface area (Å²) in [5, 5.41) is 12.1. The number of hydrogen-bond acceptors (Lipinski definition) is 4. The highest BCUT2D eigenvalue weighted by Gasteiger charge is 2.33. The molecule has 1 heterocycles. The highest BCUT2D eigenvalue weighted by Crippen LogP contribution is 2.30. The SMILES string of the molecule is CO[C@H]1CCCCC[C@@H]1Nc1nc(C(F)(F)F)ccc1C#N. The Morgan fingerprint density at radius 2 is 2.00 bits per heavy atom. The van der Waals surface area contributed by atoms with E-state index in [2.05, 4.69) is 10.3 Å². The first kappa shape index (κ1) is 16.6. The lowest BCUT2D eigenvalue weighted by molar-refractivity contribution is -0.141. The maximum absolute atomic E-state index is 12.8. The predicted octanol–water partition coefficient (Wildman–Crippen LogP) is 3.73. The van der Waals surface area contributed by atoms with Crippen LogP contribution in [0.1, 0.15) is 43.4 Å². The molecule has 2 rings (SSSR count). The molecule has 2 atom stereocenters. The highest BCUT2D eigenvalue weighted by atomic mass is 19.4. The number of rotatable bonds is 3. The second kappa shape index (κ2) is 6.97. The van der Waals surface area contributed by atoms with Crippen molar-refractivity contribution in [2.45, 2.75) is 50.4 Å². The highest BCUT2D eigenvalue weighted by molar-refractivity contribution is 5.53. The first-order valence-corrected chi connectivity index (χ1v) is 7.23. The van der Waals surface area contributed by atoms with E-state index in [9.17, 15) is 13.2 Å². The van der Waals surface area contributed by atoms with Crippen molar-refractivity contribution in [1.82, 2.24) is 4.98 Å². The number of alkyl halides is 3. The molecule has 0 unspecified atom stereocenters. The largest absolute Gasteiger partial charge is 0.433 e. The van der Waals surface area contributed by atoms with Gasteiger partial charge in [0, 0.05) is 7.11 Å². The Kier molecular flexibility index (Phi) is 5.24. The van der Waals surface area contributed by atoms with Gasteiger partial charge in [-0.3, -0.25) is 0 Å². The van der Waals surface area contributed by atoms with Crippen molar-refractivity contribution >= 4 is 5.82 Å². The average molecular weight is 313 g/mol. The van der Waals surface area contributed by atoms with Crippen LogP contribution in [0.5, 0.6) is 0 Å². The topological polar surface area (TPSA) is 57.9 Å².